The summed E-state index contributed by atoms with van der Waals surface area (Å²) in [7, 11) is -3.21. The van der Waals surface area contributed by atoms with E-state index < -0.39 is 10.0 Å². The topological polar surface area (TPSA) is 66.5 Å². The summed E-state index contributed by atoms with van der Waals surface area (Å²) in [5.74, 6) is -0.0564. The molecule has 144 valence electrons. The van der Waals surface area contributed by atoms with Crippen LogP contribution < -0.4 is 5.32 Å². The molecule has 1 heterocycles. The first-order valence-corrected chi connectivity index (χ1v) is 11.0. The van der Waals surface area contributed by atoms with Gasteiger partial charge in [0.25, 0.3) is 5.91 Å². The zero-order chi connectivity index (χ0) is 19.4. The summed E-state index contributed by atoms with van der Waals surface area (Å²) in [5, 5.41) is 2.92. The number of benzene rings is 2. The van der Waals surface area contributed by atoms with Gasteiger partial charge in [-0.25, -0.2) is 8.42 Å². The van der Waals surface area contributed by atoms with Crippen molar-refractivity contribution in [2.24, 2.45) is 0 Å². The summed E-state index contributed by atoms with van der Waals surface area (Å²) < 4.78 is 25.8. The van der Waals surface area contributed by atoms with Crippen LogP contribution in [0.15, 0.2) is 42.5 Å². The third kappa shape index (κ3) is 4.57. The van der Waals surface area contributed by atoms with Gasteiger partial charge in [-0.15, -0.1) is 0 Å². The van der Waals surface area contributed by atoms with Crippen LogP contribution in [0.4, 0.5) is 5.69 Å². The molecule has 27 heavy (non-hydrogen) atoms. The van der Waals surface area contributed by atoms with Gasteiger partial charge in [-0.3, -0.25) is 4.79 Å². The van der Waals surface area contributed by atoms with E-state index in [4.69, 9.17) is 0 Å². The fraction of sp³-hybridized carbons (Fsp3) is 0.381. The van der Waals surface area contributed by atoms with E-state index in [0.29, 0.717) is 30.8 Å². The van der Waals surface area contributed by atoms with E-state index in [0.717, 1.165) is 24.0 Å². The van der Waals surface area contributed by atoms with E-state index in [-0.39, 0.29) is 11.7 Å². The molecule has 0 aliphatic carbocycles. The van der Waals surface area contributed by atoms with Crippen molar-refractivity contribution in [3.05, 3.63) is 64.7 Å². The number of anilines is 1. The number of fused-ring (bicyclic) bond motifs is 1. The molecule has 0 saturated heterocycles. The summed E-state index contributed by atoms with van der Waals surface area (Å²) in [4.78, 5) is 12.5. The molecule has 0 fully saturated rings. The van der Waals surface area contributed by atoms with Crippen LogP contribution in [0.25, 0.3) is 0 Å². The molecule has 0 spiro atoms. The standard InChI is InChI=1S/C21H26N2O3S/c1-3-5-16-6-8-18(9-7-16)21(24)22-20-11-10-17-12-13-23(15-19(17)14-20)27(25,26)4-2/h6-11,14H,3-5,12-13,15H2,1-2H3,(H,22,24). The van der Waals surface area contributed by atoms with Crippen molar-refractivity contribution in [3.63, 3.8) is 0 Å². The van der Waals surface area contributed by atoms with Gasteiger partial charge in [-0.05, 0) is 60.7 Å². The molecule has 1 amide bonds. The largest absolute Gasteiger partial charge is 0.322 e. The first-order chi connectivity index (χ1) is 12.9. The number of hydrogen-bond acceptors (Lipinski definition) is 3. The number of rotatable bonds is 6. The molecule has 0 aromatic heterocycles. The molecule has 1 aliphatic rings. The average molecular weight is 387 g/mol. The molecule has 0 atom stereocenters. The number of hydrogen-bond donors (Lipinski definition) is 1. The number of nitrogens with zero attached hydrogens (tertiary/aromatic N) is 1. The number of carbonyl (C=O) groups is 1. The fourth-order valence-electron chi connectivity index (χ4n) is 3.34. The number of carbonyl (C=O) groups excluding carboxylic acids is 1. The highest BCUT2D eigenvalue weighted by Gasteiger charge is 2.25. The van der Waals surface area contributed by atoms with Crippen LogP contribution in [0.3, 0.4) is 0 Å². The molecule has 0 bridgehead atoms. The van der Waals surface area contributed by atoms with Gasteiger partial charge < -0.3 is 5.32 Å². The van der Waals surface area contributed by atoms with Crippen molar-refractivity contribution in [3.8, 4) is 0 Å². The van der Waals surface area contributed by atoms with Crippen molar-refractivity contribution in [2.75, 3.05) is 17.6 Å². The Morgan fingerprint density at radius 1 is 1.07 bits per heavy atom. The minimum atomic E-state index is -3.21. The van der Waals surface area contributed by atoms with Crippen molar-refractivity contribution in [1.82, 2.24) is 4.31 Å². The van der Waals surface area contributed by atoms with Gasteiger partial charge in [0.05, 0.1) is 5.75 Å². The zero-order valence-electron chi connectivity index (χ0n) is 15.9. The van der Waals surface area contributed by atoms with Crippen molar-refractivity contribution in [1.29, 1.82) is 0 Å². The molecule has 0 saturated carbocycles. The Balaban J connectivity index is 1.73. The second-order valence-electron chi connectivity index (χ2n) is 6.87. The molecule has 0 unspecified atom stereocenters. The lowest BCUT2D eigenvalue weighted by molar-refractivity contribution is 0.102. The Bertz CT molecular complexity index is 921. The van der Waals surface area contributed by atoms with E-state index in [1.165, 1.54) is 9.87 Å². The Hall–Kier alpha value is -2.18. The van der Waals surface area contributed by atoms with E-state index in [9.17, 15) is 13.2 Å². The SMILES string of the molecule is CCCc1ccc(C(=O)Nc2ccc3c(c2)CN(S(=O)(=O)CC)CC3)cc1. The predicted octanol–water partition coefficient (Wildman–Crippen LogP) is 3.60. The van der Waals surface area contributed by atoms with Crippen molar-refractivity contribution < 1.29 is 13.2 Å². The highest BCUT2D eigenvalue weighted by molar-refractivity contribution is 7.89. The predicted molar refractivity (Wildman–Crippen MR) is 108 cm³/mol. The zero-order valence-corrected chi connectivity index (χ0v) is 16.7. The second kappa shape index (κ2) is 8.23. The van der Waals surface area contributed by atoms with Crippen molar-refractivity contribution in [2.45, 2.75) is 39.7 Å². The van der Waals surface area contributed by atoms with Gasteiger partial charge in [-0.2, -0.15) is 4.31 Å². The average Bonchev–Trinajstić information content (AvgIpc) is 2.68. The Morgan fingerprint density at radius 3 is 2.48 bits per heavy atom. The number of aryl methyl sites for hydroxylation is 1. The monoisotopic (exact) mass is 386 g/mol. The maximum absolute atomic E-state index is 12.5. The van der Waals surface area contributed by atoms with Gasteiger partial charge >= 0.3 is 0 Å². The summed E-state index contributed by atoms with van der Waals surface area (Å²) >= 11 is 0. The number of sulfonamides is 1. The lowest BCUT2D eigenvalue weighted by Gasteiger charge is -2.28. The maximum atomic E-state index is 12.5. The van der Waals surface area contributed by atoms with Gasteiger partial charge in [0, 0.05) is 24.3 Å². The van der Waals surface area contributed by atoms with Crippen LogP contribution in [0.1, 0.15) is 47.3 Å². The first kappa shape index (κ1) is 19.6. The van der Waals surface area contributed by atoms with Gasteiger partial charge in [0.15, 0.2) is 0 Å². The van der Waals surface area contributed by atoms with E-state index in [2.05, 4.69) is 12.2 Å². The molecule has 1 N–H and O–H groups in total. The third-order valence-corrected chi connectivity index (χ3v) is 6.78. The minimum Gasteiger partial charge on any atom is -0.322 e. The molecule has 1 aliphatic heterocycles. The molecule has 5 nitrogen and oxygen atoms in total. The molecule has 0 radical (unpaired) electrons. The Labute approximate surface area is 161 Å². The van der Waals surface area contributed by atoms with Crippen LogP contribution in [0.2, 0.25) is 0 Å². The van der Waals surface area contributed by atoms with Crippen LogP contribution >= 0.6 is 0 Å². The maximum Gasteiger partial charge on any atom is 0.255 e. The quantitative estimate of drug-likeness (QED) is 0.825. The summed E-state index contributed by atoms with van der Waals surface area (Å²) in [6, 6.07) is 13.4. The summed E-state index contributed by atoms with van der Waals surface area (Å²) in [6.07, 6.45) is 2.77. The summed E-state index contributed by atoms with van der Waals surface area (Å²) in [5.41, 5.74) is 4.61. The lowest BCUT2D eigenvalue weighted by Crippen LogP contribution is -2.36. The van der Waals surface area contributed by atoms with E-state index in [1.807, 2.05) is 42.5 Å². The van der Waals surface area contributed by atoms with Crippen LogP contribution in [-0.4, -0.2) is 30.9 Å². The first-order valence-electron chi connectivity index (χ1n) is 9.43. The van der Waals surface area contributed by atoms with Gasteiger partial charge in [0.2, 0.25) is 10.0 Å². The normalized spacial score (nSPS) is 14.6. The fourth-order valence-corrected chi connectivity index (χ4v) is 4.41. The molecule has 6 heteroatoms. The molecule has 2 aromatic rings. The third-order valence-electron chi connectivity index (χ3n) is 4.95. The minimum absolute atomic E-state index is 0.104. The summed E-state index contributed by atoms with van der Waals surface area (Å²) in [6.45, 7) is 4.66. The van der Waals surface area contributed by atoms with Gasteiger partial charge in [-0.1, -0.05) is 31.5 Å². The number of nitrogens with one attached hydrogen (secondary N) is 1. The molecular formula is C21H26N2O3S. The lowest BCUT2D eigenvalue weighted by atomic mass is 10.0. The van der Waals surface area contributed by atoms with Crippen LogP contribution in [0, 0.1) is 0 Å². The highest BCUT2D eigenvalue weighted by Crippen LogP contribution is 2.25. The smallest absolute Gasteiger partial charge is 0.255 e. The molecule has 3 rings (SSSR count). The van der Waals surface area contributed by atoms with Crippen LogP contribution in [0.5, 0.6) is 0 Å². The van der Waals surface area contributed by atoms with Crippen molar-refractivity contribution >= 4 is 21.6 Å². The van der Waals surface area contributed by atoms with Crippen LogP contribution in [-0.2, 0) is 29.4 Å². The Morgan fingerprint density at radius 2 is 1.81 bits per heavy atom. The van der Waals surface area contributed by atoms with E-state index in [1.54, 1.807) is 6.92 Å². The number of amides is 1. The van der Waals surface area contributed by atoms with Gasteiger partial charge in [0.1, 0.15) is 0 Å². The molecular weight excluding hydrogens is 360 g/mol. The Kier molecular flexibility index (Phi) is 5.97. The second-order valence-corrected chi connectivity index (χ2v) is 9.13. The molecule has 2 aromatic carbocycles. The van der Waals surface area contributed by atoms with E-state index >= 15 is 0 Å². The highest BCUT2D eigenvalue weighted by atomic mass is 32.2.